The summed E-state index contributed by atoms with van der Waals surface area (Å²) in [5.41, 5.74) is 7.13. The number of hydrogen-bond donors (Lipinski definition) is 1. The van der Waals surface area contributed by atoms with Crippen molar-refractivity contribution in [2.75, 3.05) is 0 Å². The van der Waals surface area contributed by atoms with E-state index >= 15 is 0 Å². The van der Waals surface area contributed by atoms with Crippen molar-refractivity contribution in [1.29, 1.82) is 0 Å². The Balaban J connectivity index is 1.67. The molecule has 2 aromatic heterocycles. The van der Waals surface area contributed by atoms with Gasteiger partial charge in [-0.05, 0) is 68.5 Å². The van der Waals surface area contributed by atoms with Crippen molar-refractivity contribution in [2.45, 2.75) is 33.7 Å². The van der Waals surface area contributed by atoms with Gasteiger partial charge in [-0.2, -0.15) is 5.10 Å². The zero-order valence-electron chi connectivity index (χ0n) is 15.2. The third kappa shape index (κ3) is 3.53. The fourth-order valence-electron chi connectivity index (χ4n) is 3.00. The zero-order chi connectivity index (χ0) is 18.7. The van der Waals surface area contributed by atoms with E-state index in [2.05, 4.69) is 57.5 Å². The summed E-state index contributed by atoms with van der Waals surface area (Å²) in [5.74, 6) is -0.276. The van der Waals surface area contributed by atoms with Crippen molar-refractivity contribution < 1.29 is 4.79 Å². The number of nitrogens with one attached hydrogen (secondary N) is 1. The van der Waals surface area contributed by atoms with Crippen molar-refractivity contribution in [3.8, 4) is 5.69 Å². The summed E-state index contributed by atoms with van der Waals surface area (Å²) in [5, 5.41) is 15.1. The third-order valence-corrected chi connectivity index (χ3v) is 4.15. The topological polar surface area (TPSA) is 90.0 Å². The first-order chi connectivity index (χ1) is 12.5. The van der Waals surface area contributed by atoms with Crippen LogP contribution in [0.2, 0.25) is 0 Å². The van der Waals surface area contributed by atoms with E-state index in [1.807, 2.05) is 6.92 Å². The van der Waals surface area contributed by atoms with Crippen LogP contribution in [0.1, 0.15) is 47.2 Å². The van der Waals surface area contributed by atoms with Gasteiger partial charge in [0.2, 0.25) is 0 Å². The predicted octanol–water partition coefficient (Wildman–Crippen LogP) is 2.43. The molecule has 0 spiro atoms. The molecule has 0 atom stereocenters. The molecule has 0 aliphatic rings. The van der Waals surface area contributed by atoms with Crippen molar-refractivity contribution in [3.05, 3.63) is 59.2 Å². The Hall–Kier alpha value is -3.29. The van der Waals surface area contributed by atoms with E-state index in [1.165, 1.54) is 16.7 Å². The summed E-state index contributed by atoms with van der Waals surface area (Å²) >= 11 is 0. The molecule has 1 aromatic carbocycles. The lowest BCUT2D eigenvalue weighted by atomic mass is 10.2. The monoisotopic (exact) mass is 351 g/mol. The van der Waals surface area contributed by atoms with Crippen LogP contribution < -0.4 is 5.43 Å². The van der Waals surface area contributed by atoms with Crippen LogP contribution in [0.15, 0.2) is 41.8 Å². The lowest BCUT2D eigenvalue weighted by Crippen LogP contribution is -2.17. The number of hydrazone groups is 1. The Morgan fingerprint density at radius 1 is 1.23 bits per heavy atom. The maximum atomic E-state index is 12.2. The van der Waals surface area contributed by atoms with E-state index in [0.717, 1.165) is 16.9 Å². The maximum Gasteiger partial charge on any atom is 0.271 e. The molecule has 0 saturated carbocycles. The molecular formula is C18H21N7O. The molecule has 1 N–H and O–H groups in total. The molecular weight excluding hydrogens is 330 g/mol. The number of carbonyl (C=O) groups excluding carboxylic acids is 1. The molecule has 1 amide bonds. The predicted molar refractivity (Wildman–Crippen MR) is 98.5 cm³/mol. The fraction of sp³-hybridized carbons (Fsp3) is 0.278. The quantitative estimate of drug-likeness (QED) is 0.565. The number of nitrogens with zero attached hydrogens (tertiary/aromatic N) is 6. The normalized spacial score (nSPS) is 11.4. The molecule has 0 aliphatic heterocycles. The lowest BCUT2D eigenvalue weighted by Gasteiger charge is -2.13. The Bertz CT molecular complexity index is 921. The second kappa shape index (κ2) is 7.30. The molecule has 8 nitrogen and oxygen atoms in total. The Kier molecular flexibility index (Phi) is 4.92. The van der Waals surface area contributed by atoms with Crippen LogP contribution in [-0.4, -0.2) is 36.9 Å². The largest absolute Gasteiger partial charge is 0.346 e. The summed E-state index contributed by atoms with van der Waals surface area (Å²) in [6.45, 7) is 8.40. The highest BCUT2D eigenvalue weighted by Crippen LogP contribution is 2.18. The second-order valence-corrected chi connectivity index (χ2v) is 6.29. The Labute approximate surface area is 151 Å². The number of aromatic nitrogens is 5. The average Bonchev–Trinajstić information content (AvgIpc) is 3.23. The SMILES string of the molecule is Cc1cc(/C=N\NC(=O)c2ccc(-n3cnnn3)cc2)c(C)n1C(C)C. The first kappa shape index (κ1) is 17.5. The van der Waals surface area contributed by atoms with Crippen molar-refractivity contribution in [2.24, 2.45) is 5.10 Å². The number of benzene rings is 1. The van der Waals surface area contributed by atoms with Gasteiger partial charge in [-0.15, -0.1) is 5.10 Å². The minimum Gasteiger partial charge on any atom is -0.346 e. The fourth-order valence-corrected chi connectivity index (χ4v) is 3.00. The van der Waals surface area contributed by atoms with Crippen LogP contribution in [0, 0.1) is 13.8 Å². The first-order valence-electron chi connectivity index (χ1n) is 8.32. The van der Waals surface area contributed by atoms with Crippen LogP contribution in [0.4, 0.5) is 0 Å². The van der Waals surface area contributed by atoms with Crippen LogP contribution in [0.3, 0.4) is 0 Å². The van der Waals surface area contributed by atoms with Gasteiger partial charge >= 0.3 is 0 Å². The van der Waals surface area contributed by atoms with E-state index in [9.17, 15) is 4.79 Å². The van der Waals surface area contributed by atoms with Crippen LogP contribution >= 0.6 is 0 Å². The molecule has 3 rings (SSSR count). The highest BCUT2D eigenvalue weighted by atomic mass is 16.2. The van der Waals surface area contributed by atoms with Crippen molar-refractivity contribution >= 4 is 12.1 Å². The van der Waals surface area contributed by atoms with E-state index in [4.69, 9.17) is 0 Å². The molecule has 0 unspecified atom stereocenters. The van der Waals surface area contributed by atoms with E-state index in [0.29, 0.717) is 11.6 Å². The van der Waals surface area contributed by atoms with Crippen LogP contribution in [0.5, 0.6) is 0 Å². The van der Waals surface area contributed by atoms with Gasteiger partial charge in [-0.1, -0.05) is 0 Å². The van der Waals surface area contributed by atoms with Gasteiger partial charge in [-0.25, -0.2) is 10.1 Å². The van der Waals surface area contributed by atoms with Gasteiger partial charge in [0.25, 0.3) is 5.91 Å². The van der Waals surface area contributed by atoms with Gasteiger partial charge < -0.3 is 4.57 Å². The molecule has 3 aromatic rings. The van der Waals surface area contributed by atoms with Crippen LogP contribution in [0.25, 0.3) is 5.69 Å². The van der Waals surface area contributed by atoms with Gasteiger partial charge in [0.15, 0.2) is 0 Å². The number of rotatable bonds is 5. The number of aryl methyl sites for hydroxylation is 1. The van der Waals surface area contributed by atoms with Gasteiger partial charge in [-0.3, -0.25) is 4.79 Å². The molecule has 26 heavy (non-hydrogen) atoms. The summed E-state index contributed by atoms with van der Waals surface area (Å²) in [4.78, 5) is 12.2. The Morgan fingerprint density at radius 3 is 2.54 bits per heavy atom. The number of amides is 1. The standard InChI is InChI=1S/C18H21N7O/c1-12(2)25-13(3)9-16(14(25)4)10-19-21-18(26)15-5-7-17(8-6-15)24-11-20-22-23-24/h5-12H,1-4H3,(H,21,26)/b19-10-. The minimum atomic E-state index is -0.276. The molecule has 2 heterocycles. The van der Waals surface area contributed by atoms with E-state index in [-0.39, 0.29) is 5.91 Å². The summed E-state index contributed by atoms with van der Waals surface area (Å²) in [6, 6.07) is 9.38. The molecule has 0 bridgehead atoms. The summed E-state index contributed by atoms with van der Waals surface area (Å²) in [7, 11) is 0. The molecule has 0 aliphatic carbocycles. The van der Waals surface area contributed by atoms with E-state index in [1.54, 1.807) is 30.5 Å². The Morgan fingerprint density at radius 2 is 1.96 bits per heavy atom. The van der Waals surface area contributed by atoms with Gasteiger partial charge in [0, 0.05) is 28.6 Å². The zero-order valence-corrected chi connectivity index (χ0v) is 15.2. The first-order valence-corrected chi connectivity index (χ1v) is 8.32. The highest BCUT2D eigenvalue weighted by molar-refractivity contribution is 5.95. The third-order valence-electron chi connectivity index (χ3n) is 4.15. The maximum absolute atomic E-state index is 12.2. The summed E-state index contributed by atoms with van der Waals surface area (Å²) in [6.07, 6.45) is 3.17. The number of hydrogen-bond acceptors (Lipinski definition) is 5. The molecule has 0 fully saturated rings. The lowest BCUT2D eigenvalue weighted by molar-refractivity contribution is 0.0955. The average molecular weight is 351 g/mol. The van der Waals surface area contributed by atoms with Crippen LogP contribution in [-0.2, 0) is 0 Å². The molecule has 134 valence electrons. The van der Waals surface area contributed by atoms with Crippen molar-refractivity contribution in [1.82, 2.24) is 30.2 Å². The minimum absolute atomic E-state index is 0.276. The number of carbonyl (C=O) groups is 1. The summed E-state index contributed by atoms with van der Waals surface area (Å²) < 4.78 is 3.76. The molecule has 0 saturated heterocycles. The highest BCUT2D eigenvalue weighted by Gasteiger charge is 2.10. The second-order valence-electron chi connectivity index (χ2n) is 6.29. The smallest absolute Gasteiger partial charge is 0.271 e. The van der Waals surface area contributed by atoms with Gasteiger partial charge in [0.05, 0.1) is 11.9 Å². The van der Waals surface area contributed by atoms with Crippen molar-refractivity contribution in [3.63, 3.8) is 0 Å². The molecule has 8 heteroatoms. The number of tetrazole rings is 1. The van der Waals surface area contributed by atoms with Gasteiger partial charge in [0.1, 0.15) is 6.33 Å². The molecule has 0 radical (unpaired) electrons. The van der Waals surface area contributed by atoms with E-state index < -0.39 is 0 Å².